The summed E-state index contributed by atoms with van der Waals surface area (Å²) in [5, 5.41) is 3.24. The number of nitrogens with one attached hydrogen (secondary N) is 1. The highest BCUT2D eigenvalue weighted by molar-refractivity contribution is 7.91. The zero-order valence-corrected chi connectivity index (χ0v) is 19.4. The standard InChI is InChI=1S/C18H21ClN2O5S3/c1-10-11(2)27-17(15(10)18(23)26-3)20-16(22)12-5-4-8-21(9-12)29(24,25)14-7-6-13(19)28-14/h6-7,12H,4-5,8-9H2,1-3H3,(H,20,22). The summed E-state index contributed by atoms with van der Waals surface area (Å²) in [4.78, 5) is 25.9. The molecular weight excluding hydrogens is 456 g/mol. The molecule has 3 heterocycles. The Morgan fingerprint density at radius 2 is 2.00 bits per heavy atom. The van der Waals surface area contributed by atoms with Crippen molar-refractivity contribution in [3.63, 3.8) is 0 Å². The minimum Gasteiger partial charge on any atom is -0.465 e. The normalized spacial score (nSPS) is 17.9. The second-order valence-corrected chi connectivity index (χ2v) is 11.8. The molecule has 7 nitrogen and oxygen atoms in total. The number of rotatable bonds is 5. The molecule has 0 bridgehead atoms. The van der Waals surface area contributed by atoms with E-state index in [0.29, 0.717) is 34.3 Å². The van der Waals surface area contributed by atoms with E-state index in [2.05, 4.69) is 5.32 Å². The van der Waals surface area contributed by atoms with Crippen LogP contribution in [-0.4, -0.2) is 44.8 Å². The predicted molar refractivity (Wildman–Crippen MR) is 115 cm³/mol. The number of carbonyl (C=O) groups is 2. The Morgan fingerprint density at radius 3 is 2.62 bits per heavy atom. The number of sulfonamides is 1. The number of hydrogen-bond donors (Lipinski definition) is 1. The summed E-state index contributed by atoms with van der Waals surface area (Å²) >= 11 is 8.18. The number of halogens is 1. The quantitative estimate of drug-likeness (QED) is 0.660. The zero-order chi connectivity index (χ0) is 21.3. The summed E-state index contributed by atoms with van der Waals surface area (Å²) in [6.07, 6.45) is 1.14. The molecule has 1 atom stereocenters. The van der Waals surface area contributed by atoms with Gasteiger partial charge in [0.2, 0.25) is 5.91 Å². The summed E-state index contributed by atoms with van der Waals surface area (Å²) in [7, 11) is -2.40. The summed E-state index contributed by atoms with van der Waals surface area (Å²) in [6.45, 7) is 4.10. The van der Waals surface area contributed by atoms with E-state index < -0.39 is 21.9 Å². The van der Waals surface area contributed by atoms with Crippen LogP contribution in [0.5, 0.6) is 0 Å². The van der Waals surface area contributed by atoms with E-state index in [1.54, 1.807) is 13.0 Å². The minimum absolute atomic E-state index is 0.0839. The van der Waals surface area contributed by atoms with Crippen LogP contribution in [0, 0.1) is 19.8 Å². The third kappa shape index (κ3) is 4.51. The van der Waals surface area contributed by atoms with Gasteiger partial charge in [0, 0.05) is 18.0 Å². The fourth-order valence-electron chi connectivity index (χ4n) is 3.22. The lowest BCUT2D eigenvalue weighted by Crippen LogP contribution is -2.43. The lowest BCUT2D eigenvalue weighted by molar-refractivity contribution is -0.120. The van der Waals surface area contributed by atoms with Gasteiger partial charge in [-0.3, -0.25) is 4.79 Å². The Kier molecular flexibility index (Phi) is 6.69. The van der Waals surface area contributed by atoms with Gasteiger partial charge < -0.3 is 10.1 Å². The number of nitrogens with zero attached hydrogens (tertiary/aromatic N) is 1. The van der Waals surface area contributed by atoms with Crippen LogP contribution in [-0.2, 0) is 19.6 Å². The number of amides is 1. The topological polar surface area (TPSA) is 92.8 Å². The second-order valence-electron chi connectivity index (χ2n) is 6.73. The Hall–Kier alpha value is -1.46. The number of hydrogen-bond acceptors (Lipinski definition) is 7. The van der Waals surface area contributed by atoms with Gasteiger partial charge in [0.25, 0.3) is 10.0 Å². The summed E-state index contributed by atoms with van der Waals surface area (Å²) in [5.41, 5.74) is 1.11. The van der Waals surface area contributed by atoms with E-state index in [4.69, 9.17) is 16.3 Å². The van der Waals surface area contributed by atoms with Gasteiger partial charge >= 0.3 is 5.97 Å². The van der Waals surface area contributed by atoms with Gasteiger partial charge in [0.05, 0.1) is 22.9 Å². The van der Waals surface area contributed by atoms with Crippen LogP contribution in [0.1, 0.15) is 33.6 Å². The molecule has 2 aromatic rings. The van der Waals surface area contributed by atoms with E-state index in [-0.39, 0.29) is 16.7 Å². The Balaban J connectivity index is 1.77. The van der Waals surface area contributed by atoms with E-state index in [1.165, 1.54) is 28.8 Å². The van der Waals surface area contributed by atoms with Crippen LogP contribution >= 0.6 is 34.3 Å². The van der Waals surface area contributed by atoms with Gasteiger partial charge in [-0.05, 0) is 44.4 Å². The van der Waals surface area contributed by atoms with Gasteiger partial charge in [0.15, 0.2) is 0 Å². The van der Waals surface area contributed by atoms with Crippen molar-refractivity contribution < 1.29 is 22.7 Å². The molecule has 1 amide bonds. The van der Waals surface area contributed by atoms with Crippen molar-refractivity contribution in [2.75, 3.05) is 25.5 Å². The lowest BCUT2D eigenvalue weighted by atomic mass is 9.99. The number of thiophene rings is 2. The average Bonchev–Trinajstić information content (AvgIpc) is 3.25. The van der Waals surface area contributed by atoms with Crippen LogP contribution in [0.4, 0.5) is 5.00 Å². The Morgan fingerprint density at radius 1 is 1.28 bits per heavy atom. The molecule has 0 aromatic carbocycles. The molecule has 1 aliphatic rings. The summed E-state index contributed by atoms with van der Waals surface area (Å²) in [5.74, 6) is -1.33. The molecule has 1 fully saturated rings. The maximum atomic E-state index is 12.9. The van der Waals surface area contributed by atoms with Gasteiger partial charge in [-0.15, -0.1) is 22.7 Å². The molecule has 3 rings (SSSR count). The molecule has 0 aliphatic carbocycles. The SMILES string of the molecule is COC(=O)c1c(NC(=O)C2CCCN(S(=O)(=O)c3ccc(Cl)s3)C2)sc(C)c1C. The first-order valence-corrected chi connectivity index (χ1v) is 12.3. The van der Waals surface area contributed by atoms with Crippen molar-refractivity contribution in [2.45, 2.75) is 30.9 Å². The van der Waals surface area contributed by atoms with Gasteiger partial charge in [-0.25, -0.2) is 13.2 Å². The van der Waals surface area contributed by atoms with E-state index in [9.17, 15) is 18.0 Å². The lowest BCUT2D eigenvalue weighted by Gasteiger charge is -2.30. The van der Waals surface area contributed by atoms with Crippen molar-refractivity contribution in [3.8, 4) is 0 Å². The highest BCUT2D eigenvalue weighted by atomic mass is 35.5. The van der Waals surface area contributed by atoms with Crippen LogP contribution in [0.25, 0.3) is 0 Å². The molecule has 1 N–H and O–H groups in total. The summed E-state index contributed by atoms with van der Waals surface area (Å²) < 4.78 is 32.4. The molecule has 1 unspecified atom stereocenters. The second kappa shape index (κ2) is 8.73. The van der Waals surface area contributed by atoms with Crippen molar-refractivity contribution in [3.05, 3.63) is 32.5 Å². The fraction of sp³-hybridized carbons (Fsp3) is 0.444. The highest BCUT2D eigenvalue weighted by Gasteiger charge is 2.35. The van der Waals surface area contributed by atoms with Crippen molar-refractivity contribution in [2.24, 2.45) is 5.92 Å². The number of methoxy groups -OCH3 is 1. The number of carbonyl (C=O) groups excluding carboxylic acids is 2. The minimum atomic E-state index is -3.69. The number of ether oxygens (including phenoxy) is 1. The molecule has 0 saturated carbocycles. The zero-order valence-electron chi connectivity index (χ0n) is 16.2. The Bertz CT molecular complexity index is 1040. The van der Waals surface area contributed by atoms with Gasteiger partial charge in [-0.2, -0.15) is 4.31 Å². The number of aryl methyl sites for hydroxylation is 1. The predicted octanol–water partition coefficient (Wildman–Crippen LogP) is 3.91. The van der Waals surface area contributed by atoms with Crippen LogP contribution < -0.4 is 5.32 Å². The average molecular weight is 477 g/mol. The molecule has 29 heavy (non-hydrogen) atoms. The summed E-state index contributed by atoms with van der Waals surface area (Å²) in [6, 6.07) is 3.02. The third-order valence-corrected chi connectivity index (χ3v) is 9.60. The van der Waals surface area contributed by atoms with Crippen molar-refractivity contribution in [1.29, 1.82) is 0 Å². The molecular formula is C18H21ClN2O5S3. The Labute approximate surface area is 182 Å². The number of anilines is 1. The maximum absolute atomic E-state index is 12.9. The van der Waals surface area contributed by atoms with E-state index in [0.717, 1.165) is 21.8 Å². The smallest absolute Gasteiger partial charge is 0.341 e. The molecule has 0 spiro atoms. The van der Waals surface area contributed by atoms with Crippen molar-refractivity contribution in [1.82, 2.24) is 4.31 Å². The third-order valence-electron chi connectivity index (χ3n) is 4.91. The molecule has 0 radical (unpaired) electrons. The van der Waals surface area contributed by atoms with E-state index >= 15 is 0 Å². The molecule has 11 heteroatoms. The number of esters is 1. The molecule has 2 aromatic heterocycles. The van der Waals surface area contributed by atoms with Crippen LogP contribution in [0.15, 0.2) is 16.3 Å². The van der Waals surface area contributed by atoms with Gasteiger partial charge in [-0.1, -0.05) is 11.6 Å². The maximum Gasteiger partial charge on any atom is 0.341 e. The molecule has 1 aliphatic heterocycles. The van der Waals surface area contributed by atoms with Crippen LogP contribution in [0.2, 0.25) is 4.34 Å². The first-order valence-electron chi connectivity index (χ1n) is 8.89. The first-order chi connectivity index (χ1) is 13.6. The highest BCUT2D eigenvalue weighted by Crippen LogP contribution is 2.34. The van der Waals surface area contributed by atoms with Gasteiger partial charge in [0.1, 0.15) is 9.21 Å². The monoisotopic (exact) mass is 476 g/mol. The molecule has 158 valence electrons. The number of piperidine rings is 1. The molecule has 1 saturated heterocycles. The fourth-order valence-corrected chi connectivity index (χ4v) is 7.43. The van der Waals surface area contributed by atoms with E-state index in [1.807, 2.05) is 6.92 Å². The van der Waals surface area contributed by atoms with Crippen LogP contribution in [0.3, 0.4) is 0 Å². The first kappa shape index (κ1) is 22.2. The largest absolute Gasteiger partial charge is 0.465 e. The van der Waals surface area contributed by atoms with Crippen molar-refractivity contribution >= 4 is 61.2 Å².